The quantitative estimate of drug-likeness (QED) is 0.825. The highest BCUT2D eigenvalue weighted by Gasteiger charge is 2.25. The SMILES string of the molecule is COc1cc2c(cc1OC)CN(C(=O)c1ccnc(N3CCCC3)n1)CC2. The van der Waals surface area contributed by atoms with E-state index in [1.165, 1.54) is 5.56 Å². The molecule has 2 aromatic rings. The lowest BCUT2D eigenvalue weighted by molar-refractivity contribution is 0.0728. The van der Waals surface area contributed by atoms with Crippen LogP contribution in [0.3, 0.4) is 0 Å². The summed E-state index contributed by atoms with van der Waals surface area (Å²) in [4.78, 5) is 25.9. The van der Waals surface area contributed by atoms with E-state index in [-0.39, 0.29) is 5.91 Å². The van der Waals surface area contributed by atoms with Crippen LogP contribution in [0.2, 0.25) is 0 Å². The van der Waals surface area contributed by atoms with E-state index in [1.54, 1.807) is 26.5 Å². The number of carbonyl (C=O) groups excluding carboxylic acids is 1. The largest absolute Gasteiger partial charge is 0.493 e. The summed E-state index contributed by atoms with van der Waals surface area (Å²) in [6.07, 6.45) is 4.76. The number of methoxy groups -OCH3 is 2. The van der Waals surface area contributed by atoms with Gasteiger partial charge in [-0.1, -0.05) is 0 Å². The Hall–Kier alpha value is -2.83. The van der Waals surface area contributed by atoms with Crippen LogP contribution in [0, 0.1) is 0 Å². The predicted molar refractivity (Wildman–Crippen MR) is 101 cm³/mol. The Balaban J connectivity index is 1.55. The lowest BCUT2D eigenvalue weighted by Gasteiger charge is -2.29. The van der Waals surface area contributed by atoms with E-state index in [0.29, 0.717) is 30.5 Å². The predicted octanol–water partition coefficient (Wildman–Crippen LogP) is 2.29. The van der Waals surface area contributed by atoms with E-state index in [4.69, 9.17) is 9.47 Å². The van der Waals surface area contributed by atoms with Crippen molar-refractivity contribution in [2.24, 2.45) is 0 Å². The number of nitrogens with zero attached hydrogens (tertiary/aromatic N) is 4. The summed E-state index contributed by atoms with van der Waals surface area (Å²) in [5.74, 6) is 2.01. The van der Waals surface area contributed by atoms with Crippen molar-refractivity contribution in [2.45, 2.75) is 25.8 Å². The van der Waals surface area contributed by atoms with Crippen LogP contribution in [0.25, 0.3) is 0 Å². The number of benzene rings is 1. The highest BCUT2D eigenvalue weighted by atomic mass is 16.5. The van der Waals surface area contributed by atoms with Gasteiger partial charge in [-0.2, -0.15) is 0 Å². The van der Waals surface area contributed by atoms with Crippen molar-refractivity contribution in [3.05, 3.63) is 41.2 Å². The van der Waals surface area contributed by atoms with Crippen LogP contribution >= 0.6 is 0 Å². The first-order valence-corrected chi connectivity index (χ1v) is 9.30. The molecule has 0 radical (unpaired) electrons. The molecule has 0 N–H and O–H groups in total. The lowest BCUT2D eigenvalue weighted by atomic mass is 9.98. The van der Waals surface area contributed by atoms with Crippen molar-refractivity contribution in [3.63, 3.8) is 0 Å². The second-order valence-corrected chi connectivity index (χ2v) is 6.89. The first-order chi connectivity index (χ1) is 13.2. The second-order valence-electron chi connectivity index (χ2n) is 6.89. The third-order valence-corrected chi connectivity index (χ3v) is 5.26. The van der Waals surface area contributed by atoms with Gasteiger partial charge in [-0.25, -0.2) is 9.97 Å². The maximum Gasteiger partial charge on any atom is 0.272 e. The average molecular weight is 368 g/mol. The van der Waals surface area contributed by atoms with E-state index in [2.05, 4.69) is 14.9 Å². The summed E-state index contributed by atoms with van der Waals surface area (Å²) >= 11 is 0. The summed E-state index contributed by atoms with van der Waals surface area (Å²) < 4.78 is 10.8. The molecule has 0 spiro atoms. The van der Waals surface area contributed by atoms with Crippen molar-refractivity contribution in [3.8, 4) is 11.5 Å². The molecule has 1 amide bonds. The van der Waals surface area contributed by atoms with Gasteiger partial charge in [-0.05, 0) is 48.6 Å². The molecule has 0 atom stereocenters. The highest BCUT2D eigenvalue weighted by Crippen LogP contribution is 2.33. The van der Waals surface area contributed by atoms with Crippen LogP contribution in [0.5, 0.6) is 11.5 Å². The summed E-state index contributed by atoms with van der Waals surface area (Å²) in [5.41, 5.74) is 2.73. The molecule has 2 aliphatic heterocycles. The van der Waals surface area contributed by atoms with Crippen molar-refractivity contribution in [2.75, 3.05) is 38.8 Å². The number of amides is 1. The van der Waals surface area contributed by atoms with Gasteiger partial charge in [0.05, 0.1) is 14.2 Å². The minimum atomic E-state index is -0.0571. The van der Waals surface area contributed by atoms with Gasteiger partial charge in [-0.15, -0.1) is 0 Å². The zero-order valence-corrected chi connectivity index (χ0v) is 15.8. The smallest absolute Gasteiger partial charge is 0.272 e. The van der Waals surface area contributed by atoms with Crippen LogP contribution in [-0.2, 0) is 13.0 Å². The molecule has 27 heavy (non-hydrogen) atoms. The Bertz CT molecular complexity index is 849. The number of carbonyl (C=O) groups is 1. The minimum absolute atomic E-state index is 0.0571. The third-order valence-electron chi connectivity index (χ3n) is 5.26. The molecule has 0 unspecified atom stereocenters. The third kappa shape index (κ3) is 3.41. The maximum atomic E-state index is 13.0. The van der Waals surface area contributed by atoms with Crippen LogP contribution in [0.4, 0.5) is 5.95 Å². The summed E-state index contributed by atoms with van der Waals surface area (Å²) in [5, 5.41) is 0. The monoisotopic (exact) mass is 368 g/mol. The average Bonchev–Trinajstić information content (AvgIpc) is 3.26. The minimum Gasteiger partial charge on any atom is -0.493 e. The fraction of sp³-hybridized carbons (Fsp3) is 0.450. The molecule has 1 saturated heterocycles. The normalized spacial score (nSPS) is 16.2. The number of rotatable bonds is 4. The van der Waals surface area contributed by atoms with Gasteiger partial charge >= 0.3 is 0 Å². The lowest BCUT2D eigenvalue weighted by Crippen LogP contribution is -2.36. The molecule has 4 rings (SSSR count). The number of ether oxygens (including phenoxy) is 2. The zero-order valence-electron chi connectivity index (χ0n) is 15.8. The molecule has 7 heteroatoms. The molecule has 7 nitrogen and oxygen atoms in total. The molecular formula is C20H24N4O3. The summed E-state index contributed by atoms with van der Waals surface area (Å²) in [6.45, 7) is 3.11. The Morgan fingerprint density at radius 2 is 1.74 bits per heavy atom. The van der Waals surface area contributed by atoms with Gasteiger partial charge < -0.3 is 19.3 Å². The number of fused-ring (bicyclic) bond motifs is 1. The molecule has 0 aliphatic carbocycles. The van der Waals surface area contributed by atoms with Gasteiger partial charge in [0.15, 0.2) is 11.5 Å². The molecule has 1 fully saturated rings. The topological polar surface area (TPSA) is 67.8 Å². The number of hydrogen-bond donors (Lipinski definition) is 0. The van der Waals surface area contributed by atoms with Gasteiger partial charge in [0, 0.05) is 32.4 Å². The molecule has 2 aliphatic rings. The Morgan fingerprint density at radius 1 is 1.04 bits per heavy atom. The molecule has 0 saturated carbocycles. The molecule has 1 aromatic heterocycles. The number of aromatic nitrogens is 2. The second kappa shape index (κ2) is 7.42. The number of anilines is 1. The molecule has 1 aromatic carbocycles. The highest BCUT2D eigenvalue weighted by molar-refractivity contribution is 5.92. The first kappa shape index (κ1) is 17.6. The molecule has 142 valence electrons. The van der Waals surface area contributed by atoms with E-state index < -0.39 is 0 Å². The maximum absolute atomic E-state index is 13.0. The van der Waals surface area contributed by atoms with Crippen LogP contribution < -0.4 is 14.4 Å². The first-order valence-electron chi connectivity index (χ1n) is 9.30. The van der Waals surface area contributed by atoms with Crippen LogP contribution in [0.1, 0.15) is 34.5 Å². The van der Waals surface area contributed by atoms with E-state index >= 15 is 0 Å². The van der Waals surface area contributed by atoms with Gasteiger partial charge in [0.25, 0.3) is 5.91 Å². The standard InChI is InChI=1S/C20H24N4O3/c1-26-17-11-14-6-10-24(13-15(14)12-18(17)27-2)19(25)16-5-7-21-20(22-16)23-8-3-4-9-23/h5,7,11-12H,3-4,6,8-10,13H2,1-2H3. The van der Waals surface area contributed by atoms with Crippen molar-refractivity contribution < 1.29 is 14.3 Å². The van der Waals surface area contributed by atoms with E-state index in [9.17, 15) is 4.79 Å². The van der Waals surface area contributed by atoms with Gasteiger partial charge in [-0.3, -0.25) is 4.79 Å². The van der Waals surface area contributed by atoms with Crippen molar-refractivity contribution >= 4 is 11.9 Å². The van der Waals surface area contributed by atoms with E-state index in [0.717, 1.165) is 43.7 Å². The fourth-order valence-corrected chi connectivity index (χ4v) is 3.76. The Morgan fingerprint density at radius 3 is 2.44 bits per heavy atom. The molecular weight excluding hydrogens is 344 g/mol. The molecule has 0 bridgehead atoms. The van der Waals surface area contributed by atoms with Crippen molar-refractivity contribution in [1.82, 2.24) is 14.9 Å². The Labute approximate surface area is 158 Å². The molecule has 3 heterocycles. The zero-order chi connectivity index (χ0) is 18.8. The van der Waals surface area contributed by atoms with E-state index in [1.807, 2.05) is 17.0 Å². The number of hydrogen-bond acceptors (Lipinski definition) is 6. The van der Waals surface area contributed by atoms with Crippen molar-refractivity contribution in [1.29, 1.82) is 0 Å². The van der Waals surface area contributed by atoms with Gasteiger partial charge in [0.2, 0.25) is 5.95 Å². The van der Waals surface area contributed by atoms with Crippen LogP contribution in [-0.4, -0.2) is 54.6 Å². The van der Waals surface area contributed by atoms with Crippen LogP contribution in [0.15, 0.2) is 24.4 Å². The fourth-order valence-electron chi connectivity index (χ4n) is 3.76. The summed E-state index contributed by atoms with van der Waals surface area (Å²) in [7, 11) is 3.26. The van der Waals surface area contributed by atoms with Gasteiger partial charge in [0.1, 0.15) is 5.69 Å². The summed E-state index contributed by atoms with van der Waals surface area (Å²) in [6, 6.07) is 5.67. The Kier molecular flexibility index (Phi) is 4.83.